The van der Waals surface area contributed by atoms with Crippen molar-refractivity contribution in [3.8, 4) is 11.8 Å². The molecule has 1 fully saturated rings. The molecule has 3 aromatic carbocycles. The van der Waals surface area contributed by atoms with Gasteiger partial charge in [0, 0.05) is 36.9 Å². The smallest absolute Gasteiger partial charge is 0.264 e. The van der Waals surface area contributed by atoms with Crippen LogP contribution in [0.5, 0.6) is 5.75 Å². The number of halogens is 3. The van der Waals surface area contributed by atoms with Gasteiger partial charge < -0.3 is 14.5 Å². The van der Waals surface area contributed by atoms with Crippen molar-refractivity contribution in [1.29, 1.82) is 5.26 Å². The molecule has 0 spiro atoms. The third kappa shape index (κ3) is 6.46. The summed E-state index contributed by atoms with van der Waals surface area (Å²) in [6, 6.07) is 23.3. The minimum absolute atomic E-state index is 0.104. The maximum atomic E-state index is 13.1. The lowest BCUT2D eigenvalue weighted by Gasteiger charge is -2.36. The first-order valence-corrected chi connectivity index (χ1v) is 13.0. The maximum Gasteiger partial charge on any atom is 0.264 e. The monoisotopic (exact) mass is 613 g/mol. The van der Waals surface area contributed by atoms with Crippen LogP contribution in [0.2, 0.25) is 5.02 Å². The number of benzene rings is 3. The summed E-state index contributed by atoms with van der Waals surface area (Å²) in [4.78, 5) is 17.0. The standard InChI is InChI=1S/C27H22Br2ClN3O2/c28-24-15-20(16-25(29)26(24)35-18-19-6-8-22(30)9-7-19)14-21(17-31)27(34)33-12-10-32(11-13-33)23-4-2-1-3-5-23/h1-9,14-16H,10-13,18H2/b21-14-. The molecule has 3 aromatic rings. The number of nitriles is 1. The number of para-hydroxylation sites is 1. The van der Waals surface area contributed by atoms with Crippen molar-refractivity contribution >= 4 is 61.1 Å². The topological polar surface area (TPSA) is 56.6 Å². The molecule has 5 nitrogen and oxygen atoms in total. The maximum absolute atomic E-state index is 13.1. The number of anilines is 1. The van der Waals surface area contributed by atoms with Gasteiger partial charge in [-0.15, -0.1) is 0 Å². The zero-order valence-corrected chi connectivity index (χ0v) is 22.7. The van der Waals surface area contributed by atoms with Gasteiger partial charge >= 0.3 is 0 Å². The molecular formula is C27H22Br2ClN3O2. The number of carbonyl (C=O) groups is 1. The van der Waals surface area contributed by atoms with E-state index in [1.165, 1.54) is 0 Å². The Balaban J connectivity index is 1.43. The Kier molecular flexibility index (Phi) is 8.50. The number of carbonyl (C=O) groups excluding carboxylic acids is 1. The van der Waals surface area contributed by atoms with Gasteiger partial charge in [0.05, 0.1) is 8.95 Å². The largest absolute Gasteiger partial charge is 0.487 e. The van der Waals surface area contributed by atoms with Crippen LogP contribution in [0, 0.1) is 11.3 Å². The summed E-state index contributed by atoms with van der Waals surface area (Å²) in [5, 5.41) is 10.4. The van der Waals surface area contributed by atoms with Gasteiger partial charge in [0.15, 0.2) is 0 Å². The molecule has 0 N–H and O–H groups in total. The number of nitrogens with zero attached hydrogens (tertiary/aromatic N) is 3. The number of piperazine rings is 1. The van der Waals surface area contributed by atoms with E-state index in [-0.39, 0.29) is 11.5 Å². The summed E-state index contributed by atoms with van der Waals surface area (Å²) in [6.07, 6.45) is 1.62. The fourth-order valence-corrected chi connectivity index (χ4v) is 5.40. The molecule has 1 amide bonds. The number of ether oxygens (including phenoxy) is 1. The predicted molar refractivity (Wildman–Crippen MR) is 146 cm³/mol. The van der Waals surface area contributed by atoms with E-state index < -0.39 is 0 Å². The minimum atomic E-state index is -0.254. The molecule has 0 aliphatic carbocycles. The number of hydrogen-bond acceptors (Lipinski definition) is 4. The van der Waals surface area contributed by atoms with Crippen LogP contribution in [0.3, 0.4) is 0 Å². The number of rotatable bonds is 6. The van der Waals surface area contributed by atoms with Crippen molar-refractivity contribution in [3.63, 3.8) is 0 Å². The molecular weight excluding hydrogens is 594 g/mol. The molecule has 0 unspecified atom stereocenters. The molecule has 0 saturated carbocycles. The lowest BCUT2D eigenvalue weighted by molar-refractivity contribution is -0.126. The predicted octanol–water partition coefficient (Wildman–Crippen LogP) is 6.70. The van der Waals surface area contributed by atoms with Crippen molar-refractivity contribution in [2.45, 2.75) is 6.61 Å². The molecule has 1 heterocycles. The second kappa shape index (κ2) is 11.8. The van der Waals surface area contributed by atoms with E-state index in [2.05, 4.69) is 55.0 Å². The van der Waals surface area contributed by atoms with E-state index in [0.29, 0.717) is 39.4 Å². The quantitative estimate of drug-likeness (QED) is 0.229. The van der Waals surface area contributed by atoms with E-state index in [1.807, 2.05) is 54.6 Å². The molecule has 0 atom stereocenters. The Morgan fingerprint density at radius 1 is 1.00 bits per heavy atom. The third-order valence-corrected chi connectivity index (χ3v) is 7.10. The van der Waals surface area contributed by atoms with Crippen molar-refractivity contribution in [1.82, 2.24) is 4.90 Å². The normalized spacial score (nSPS) is 13.9. The van der Waals surface area contributed by atoms with E-state index >= 15 is 0 Å². The molecule has 8 heteroatoms. The van der Waals surface area contributed by atoms with Crippen LogP contribution >= 0.6 is 43.5 Å². The zero-order valence-electron chi connectivity index (χ0n) is 18.8. The average Bonchev–Trinajstić information content (AvgIpc) is 2.88. The van der Waals surface area contributed by atoms with Gasteiger partial charge in [-0.1, -0.05) is 41.9 Å². The number of amides is 1. The highest BCUT2D eigenvalue weighted by atomic mass is 79.9. The van der Waals surface area contributed by atoms with Crippen molar-refractivity contribution in [2.75, 3.05) is 31.1 Å². The van der Waals surface area contributed by atoms with E-state index in [1.54, 1.807) is 11.0 Å². The van der Waals surface area contributed by atoms with E-state index in [4.69, 9.17) is 16.3 Å². The summed E-state index contributed by atoms with van der Waals surface area (Å²) in [7, 11) is 0. The van der Waals surface area contributed by atoms with Crippen LogP contribution in [-0.4, -0.2) is 37.0 Å². The molecule has 0 radical (unpaired) electrons. The molecule has 35 heavy (non-hydrogen) atoms. The van der Waals surface area contributed by atoms with Crippen LogP contribution in [0.15, 0.2) is 81.2 Å². The summed E-state index contributed by atoms with van der Waals surface area (Å²) in [5.41, 5.74) is 2.95. The van der Waals surface area contributed by atoms with Gasteiger partial charge in [-0.05, 0) is 85.5 Å². The lowest BCUT2D eigenvalue weighted by Crippen LogP contribution is -2.49. The summed E-state index contributed by atoms with van der Waals surface area (Å²) < 4.78 is 7.40. The molecule has 1 aliphatic rings. The second-order valence-electron chi connectivity index (χ2n) is 8.01. The Hall–Kier alpha value is -2.79. The van der Waals surface area contributed by atoms with Crippen LogP contribution < -0.4 is 9.64 Å². The molecule has 4 rings (SSSR count). The molecule has 0 aromatic heterocycles. The van der Waals surface area contributed by atoms with Crippen LogP contribution in [0.1, 0.15) is 11.1 Å². The van der Waals surface area contributed by atoms with Gasteiger partial charge in [-0.3, -0.25) is 4.79 Å². The molecule has 1 aliphatic heterocycles. The fourth-order valence-electron chi connectivity index (χ4n) is 3.82. The van der Waals surface area contributed by atoms with Crippen molar-refractivity contribution in [3.05, 3.63) is 97.4 Å². The molecule has 0 bridgehead atoms. The van der Waals surface area contributed by atoms with Crippen molar-refractivity contribution < 1.29 is 9.53 Å². The summed E-state index contributed by atoms with van der Waals surface area (Å²) in [6.45, 7) is 2.96. The van der Waals surface area contributed by atoms with E-state index in [9.17, 15) is 10.1 Å². The third-order valence-electron chi connectivity index (χ3n) is 5.67. The first-order chi connectivity index (χ1) is 16.9. The van der Waals surface area contributed by atoms with E-state index in [0.717, 1.165) is 29.9 Å². The Bertz CT molecular complexity index is 1240. The van der Waals surface area contributed by atoms with Crippen molar-refractivity contribution in [2.24, 2.45) is 0 Å². The molecule has 1 saturated heterocycles. The Labute approximate surface area is 226 Å². The Morgan fingerprint density at radius 3 is 2.23 bits per heavy atom. The number of hydrogen-bond donors (Lipinski definition) is 0. The van der Waals surface area contributed by atoms with Gasteiger partial charge in [0.2, 0.25) is 0 Å². The first kappa shape index (κ1) is 25.3. The van der Waals surface area contributed by atoms with Gasteiger partial charge in [0.1, 0.15) is 24.0 Å². The average molecular weight is 616 g/mol. The fraction of sp³-hybridized carbons (Fsp3) is 0.185. The first-order valence-electron chi connectivity index (χ1n) is 11.0. The SMILES string of the molecule is N#C/C(=C/c1cc(Br)c(OCc2ccc(Cl)cc2)c(Br)c1)C(=O)N1CCN(c2ccccc2)CC1. The molecule has 178 valence electrons. The summed E-state index contributed by atoms with van der Waals surface area (Å²) in [5.74, 6) is 0.384. The van der Waals surface area contributed by atoms with Crippen LogP contribution in [0.4, 0.5) is 5.69 Å². The highest BCUT2D eigenvalue weighted by molar-refractivity contribution is 9.11. The highest BCUT2D eigenvalue weighted by Crippen LogP contribution is 2.36. The minimum Gasteiger partial charge on any atom is -0.487 e. The Morgan fingerprint density at radius 2 is 1.63 bits per heavy atom. The van der Waals surface area contributed by atoms with Gasteiger partial charge in [0.25, 0.3) is 5.91 Å². The van der Waals surface area contributed by atoms with Crippen LogP contribution in [0.25, 0.3) is 6.08 Å². The van der Waals surface area contributed by atoms with Gasteiger partial charge in [-0.2, -0.15) is 5.26 Å². The van der Waals surface area contributed by atoms with Gasteiger partial charge in [-0.25, -0.2) is 0 Å². The lowest BCUT2D eigenvalue weighted by atomic mass is 10.1. The summed E-state index contributed by atoms with van der Waals surface area (Å²) >= 11 is 13.0. The second-order valence-corrected chi connectivity index (χ2v) is 10.2. The zero-order chi connectivity index (χ0) is 24.8. The van der Waals surface area contributed by atoms with Crippen LogP contribution in [-0.2, 0) is 11.4 Å². The highest BCUT2D eigenvalue weighted by Gasteiger charge is 2.24.